The van der Waals surface area contributed by atoms with Gasteiger partial charge in [0.1, 0.15) is 0 Å². The van der Waals surface area contributed by atoms with Crippen LogP contribution in [0.3, 0.4) is 0 Å². The highest BCUT2D eigenvalue weighted by molar-refractivity contribution is 9.10. The van der Waals surface area contributed by atoms with E-state index in [9.17, 15) is 4.79 Å². The van der Waals surface area contributed by atoms with Crippen molar-refractivity contribution >= 4 is 33.4 Å². The fourth-order valence-electron chi connectivity index (χ4n) is 1.21. The van der Waals surface area contributed by atoms with Gasteiger partial charge in [0.05, 0.1) is 10.6 Å². The van der Waals surface area contributed by atoms with Crippen molar-refractivity contribution in [2.75, 3.05) is 19.6 Å². The van der Waals surface area contributed by atoms with Crippen molar-refractivity contribution in [1.82, 2.24) is 10.6 Å². The molecule has 0 aliphatic carbocycles. The zero-order chi connectivity index (χ0) is 12.0. The van der Waals surface area contributed by atoms with E-state index in [0.29, 0.717) is 17.1 Å². The van der Waals surface area contributed by atoms with Gasteiger partial charge in [0.25, 0.3) is 5.91 Å². The fraction of sp³-hybridized carbons (Fsp3) is 0.364. The van der Waals surface area contributed by atoms with Crippen LogP contribution in [0.5, 0.6) is 0 Å². The molecule has 0 unspecified atom stereocenters. The molecule has 1 amide bonds. The van der Waals surface area contributed by atoms with Crippen molar-refractivity contribution in [3.8, 4) is 0 Å². The Labute approximate surface area is 109 Å². The fourth-order valence-corrected chi connectivity index (χ4v) is 1.97. The summed E-state index contributed by atoms with van der Waals surface area (Å²) in [6.45, 7) is 4.28. The molecule has 0 spiro atoms. The highest BCUT2D eigenvalue weighted by Gasteiger charge is 2.09. The Kier molecular flexibility index (Phi) is 5.80. The van der Waals surface area contributed by atoms with E-state index < -0.39 is 0 Å². The summed E-state index contributed by atoms with van der Waals surface area (Å²) in [6, 6.07) is 5.21. The first-order valence-electron chi connectivity index (χ1n) is 5.09. The number of carbonyl (C=O) groups is 1. The molecule has 0 aromatic heterocycles. The van der Waals surface area contributed by atoms with Gasteiger partial charge in [-0.2, -0.15) is 0 Å². The van der Waals surface area contributed by atoms with E-state index in [1.807, 2.05) is 6.92 Å². The molecule has 0 bridgehead atoms. The predicted molar refractivity (Wildman–Crippen MR) is 70.0 cm³/mol. The molecule has 2 N–H and O–H groups in total. The average molecular weight is 306 g/mol. The van der Waals surface area contributed by atoms with E-state index in [-0.39, 0.29) is 5.91 Å². The van der Waals surface area contributed by atoms with Crippen molar-refractivity contribution in [2.24, 2.45) is 0 Å². The zero-order valence-electron chi connectivity index (χ0n) is 9.02. The van der Waals surface area contributed by atoms with Crippen molar-refractivity contribution in [1.29, 1.82) is 0 Å². The van der Waals surface area contributed by atoms with Gasteiger partial charge in [-0.15, -0.1) is 0 Å². The van der Waals surface area contributed by atoms with Crippen molar-refractivity contribution in [2.45, 2.75) is 6.92 Å². The number of carbonyl (C=O) groups excluding carboxylic acids is 1. The summed E-state index contributed by atoms with van der Waals surface area (Å²) in [6.07, 6.45) is 0. The third-order valence-electron chi connectivity index (χ3n) is 2.01. The van der Waals surface area contributed by atoms with Crippen LogP contribution < -0.4 is 10.6 Å². The summed E-state index contributed by atoms with van der Waals surface area (Å²) in [5.41, 5.74) is 0.501. The summed E-state index contributed by atoms with van der Waals surface area (Å²) < 4.78 is 0.863. The standard InChI is InChI=1S/C11H14BrClN2O/c1-2-14-5-6-15-11(16)9-4-3-8(12)7-10(9)13/h3-4,7,14H,2,5-6H2,1H3,(H,15,16). The number of rotatable bonds is 5. The molecule has 16 heavy (non-hydrogen) atoms. The van der Waals surface area contributed by atoms with Gasteiger partial charge < -0.3 is 10.6 Å². The summed E-state index contributed by atoms with van der Waals surface area (Å²) in [7, 11) is 0. The van der Waals surface area contributed by atoms with Crippen LogP contribution in [0.1, 0.15) is 17.3 Å². The number of halogens is 2. The number of hydrogen-bond donors (Lipinski definition) is 2. The Morgan fingerprint density at radius 1 is 1.44 bits per heavy atom. The molecule has 0 fully saturated rings. The quantitative estimate of drug-likeness (QED) is 0.821. The second-order valence-corrected chi connectivity index (χ2v) is 4.56. The third kappa shape index (κ3) is 4.12. The Bertz CT molecular complexity index is 371. The highest BCUT2D eigenvalue weighted by atomic mass is 79.9. The Morgan fingerprint density at radius 3 is 2.81 bits per heavy atom. The second kappa shape index (κ2) is 6.89. The highest BCUT2D eigenvalue weighted by Crippen LogP contribution is 2.21. The normalized spacial score (nSPS) is 10.2. The molecule has 0 saturated carbocycles. The van der Waals surface area contributed by atoms with Gasteiger partial charge >= 0.3 is 0 Å². The lowest BCUT2D eigenvalue weighted by Crippen LogP contribution is -2.31. The number of hydrogen-bond acceptors (Lipinski definition) is 2. The SMILES string of the molecule is CCNCCNC(=O)c1ccc(Br)cc1Cl. The summed E-state index contributed by atoms with van der Waals surface area (Å²) in [5.74, 6) is -0.143. The molecule has 0 aliphatic heterocycles. The second-order valence-electron chi connectivity index (χ2n) is 3.23. The van der Waals surface area contributed by atoms with Crippen molar-refractivity contribution < 1.29 is 4.79 Å². The molecule has 5 heteroatoms. The third-order valence-corrected chi connectivity index (χ3v) is 2.82. The lowest BCUT2D eigenvalue weighted by atomic mass is 10.2. The van der Waals surface area contributed by atoms with Gasteiger partial charge in [0, 0.05) is 17.6 Å². The van der Waals surface area contributed by atoms with Crippen LogP contribution in [-0.4, -0.2) is 25.5 Å². The van der Waals surface area contributed by atoms with Crippen LogP contribution in [0.15, 0.2) is 22.7 Å². The van der Waals surface area contributed by atoms with E-state index in [0.717, 1.165) is 17.6 Å². The maximum atomic E-state index is 11.7. The summed E-state index contributed by atoms with van der Waals surface area (Å²) in [5, 5.41) is 6.37. The Balaban J connectivity index is 2.53. The number of benzene rings is 1. The smallest absolute Gasteiger partial charge is 0.252 e. The molecule has 0 radical (unpaired) electrons. The maximum Gasteiger partial charge on any atom is 0.252 e. The van der Waals surface area contributed by atoms with Crippen LogP contribution in [-0.2, 0) is 0 Å². The number of likely N-dealkylation sites (N-methyl/N-ethyl adjacent to an activating group) is 1. The molecule has 88 valence electrons. The minimum atomic E-state index is -0.143. The Hall–Kier alpha value is -0.580. The van der Waals surface area contributed by atoms with Gasteiger partial charge in [-0.1, -0.05) is 34.5 Å². The summed E-state index contributed by atoms with van der Waals surface area (Å²) in [4.78, 5) is 11.7. The first-order valence-corrected chi connectivity index (χ1v) is 6.26. The first kappa shape index (κ1) is 13.5. The maximum absolute atomic E-state index is 11.7. The molecule has 3 nitrogen and oxygen atoms in total. The molecule has 0 heterocycles. The monoisotopic (exact) mass is 304 g/mol. The number of amides is 1. The molecule has 0 saturated heterocycles. The van der Waals surface area contributed by atoms with E-state index in [1.54, 1.807) is 18.2 Å². The van der Waals surface area contributed by atoms with Gasteiger partial charge in [-0.3, -0.25) is 4.79 Å². The van der Waals surface area contributed by atoms with E-state index in [4.69, 9.17) is 11.6 Å². The summed E-state index contributed by atoms with van der Waals surface area (Å²) >= 11 is 9.25. The lowest BCUT2D eigenvalue weighted by Gasteiger charge is -2.07. The van der Waals surface area contributed by atoms with Crippen LogP contribution >= 0.6 is 27.5 Å². The average Bonchev–Trinajstić information content (AvgIpc) is 2.24. The van der Waals surface area contributed by atoms with Gasteiger partial charge in [0.15, 0.2) is 0 Å². The first-order chi connectivity index (χ1) is 7.65. The van der Waals surface area contributed by atoms with Crippen molar-refractivity contribution in [3.05, 3.63) is 33.3 Å². The molecule has 0 aliphatic rings. The topological polar surface area (TPSA) is 41.1 Å². The van der Waals surface area contributed by atoms with Crippen LogP contribution in [0.2, 0.25) is 5.02 Å². The van der Waals surface area contributed by atoms with E-state index >= 15 is 0 Å². The van der Waals surface area contributed by atoms with Crippen molar-refractivity contribution in [3.63, 3.8) is 0 Å². The predicted octanol–water partition coefficient (Wildman–Crippen LogP) is 2.44. The number of nitrogens with one attached hydrogen (secondary N) is 2. The van der Waals surface area contributed by atoms with E-state index in [1.165, 1.54) is 0 Å². The lowest BCUT2D eigenvalue weighted by molar-refractivity contribution is 0.0954. The molecular formula is C11H14BrClN2O. The van der Waals surface area contributed by atoms with Crippen LogP contribution in [0.4, 0.5) is 0 Å². The molecular weight excluding hydrogens is 291 g/mol. The molecule has 1 aromatic carbocycles. The van der Waals surface area contributed by atoms with Crippen LogP contribution in [0, 0.1) is 0 Å². The largest absolute Gasteiger partial charge is 0.351 e. The molecule has 1 rings (SSSR count). The molecule has 0 atom stereocenters. The van der Waals surface area contributed by atoms with Gasteiger partial charge in [-0.05, 0) is 24.7 Å². The van der Waals surface area contributed by atoms with Gasteiger partial charge in [-0.25, -0.2) is 0 Å². The Morgan fingerprint density at radius 2 is 2.19 bits per heavy atom. The zero-order valence-corrected chi connectivity index (χ0v) is 11.4. The minimum Gasteiger partial charge on any atom is -0.351 e. The molecule has 1 aromatic rings. The van der Waals surface area contributed by atoms with Gasteiger partial charge in [0.2, 0.25) is 0 Å². The van der Waals surface area contributed by atoms with Crippen LogP contribution in [0.25, 0.3) is 0 Å². The van der Waals surface area contributed by atoms with E-state index in [2.05, 4.69) is 26.6 Å². The minimum absolute atomic E-state index is 0.143.